The Morgan fingerprint density at radius 3 is 2.90 bits per heavy atom. The van der Waals surface area contributed by atoms with Gasteiger partial charge in [-0.3, -0.25) is 0 Å². The maximum absolute atomic E-state index is 6.36. The van der Waals surface area contributed by atoms with Crippen LogP contribution in [0.4, 0.5) is 0 Å². The molecule has 21 heavy (non-hydrogen) atoms. The van der Waals surface area contributed by atoms with Gasteiger partial charge in [-0.1, -0.05) is 25.4 Å². The van der Waals surface area contributed by atoms with Gasteiger partial charge < -0.3 is 5.32 Å². The van der Waals surface area contributed by atoms with E-state index in [9.17, 15) is 0 Å². The maximum Gasteiger partial charge on any atom is 0.172 e. The summed E-state index contributed by atoms with van der Waals surface area (Å²) in [6.45, 7) is 6.16. The van der Waals surface area contributed by atoms with Crippen LogP contribution in [0, 0.1) is 5.92 Å². The topological polar surface area (TPSA) is 42.7 Å². The summed E-state index contributed by atoms with van der Waals surface area (Å²) in [6.07, 6.45) is 6.31. The molecule has 3 rings (SSSR count). The summed E-state index contributed by atoms with van der Waals surface area (Å²) in [6, 6.07) is 4.03. The van der Waals surface area contributed by atoms with Gasteiger partial charge in [-0.05, 0) is 43.0 Å². The second kappa shape index (κ2) is 6.16. The van der Waals surface area contributed by atoms with Crippen LogP contribution >= 0.6 is 11.6 Å². The van der Waals surface area contributed by atoms with E-state index in [1.165, 1.54) is 12.8 Å². The molecular weight excluding hydrogens is 284 g/mol. The van der Waals surface area contributed by atoms with Crippen molar-refractivity contribution in [3.8, 4) is 5.82 Å². The van der Waals surface area contributed by atoms with E-state index in [0.717, 1.165) is 24.3 Å². The highest BCUT2D eigenvalue weighted by atomic mass is 35.5. The van der Waals surface area contributed by atoms with Gasteiger partial charge in [0.1, 0.15) is 0 Å². The van der Waals surface area contributed by atoms with Crippen molar-refractivity contribution in [3.05, 3.63) is 40.8 Å². The molecule has 112 valence electrons. The van der Waals surface area contributed by atoms with Gasteiger partial charge in [0.25, 0.3) is 0 Å². The molecule has 0 bridgehead atoms. The van der Waals surface area contributed by atoms with Crippen LogP contribution in [0.5, 0.6) is 0 Å². The second-order valence-corrected chi connectivity index (χ2v) is 6.54. The summed E-state index contributed by atoms with van der Waals surface area (Å²) in [4.78, 5) is 4.47. The van der Waals surface area contributed by atoms with E-state index in [0.29, 0.717) is 22.7 Å². The molecule has 1 fully saturated rings. The van der Waals surface area contributed by atoms with Gasteiger partial charge in [0.15, 0.2) is 5.82 Å². The van der Waals surface area contributed by atoms with Crippen LogP contribution in [-0.2, 0) is 6.54 Å². The van der Waals surface area contributed by atoms with Crippen molar-refractivity contribution in [2.45, 2.75) is 39.2 Å². The molecule has 0 aromatic carbocycles. The van der Waals surface area contributed by atoms with Crippen LogP contribution in [0.1, 0.15) is 43.9 Å². The third-order valence-electron chi connectivity index (χ3n) is 3.58. The van der Waals surface area contributed by atoms with Crippen molar-refractivity contribution in [2.75, 3.05) is 6.54 Å². The molecule has 0 spiro atoms. The van der Waals surface area contributed by atoms with E-state index in [2.05, 4.69) is 35.3 Å². The molecule has 0 aliphatic heterocycles. The Hall–Kier alpha value is -1.39. The lowest BCUT2D eigenvalue weighted by Gasteiger charge is -2.09. The number of hydrogen-bond donors (Lipinski definition) is 1. The van der Waals surface area contributed by atoms with Crippen molar-refractivity contribution in [2.24, 2.45) is 5.92 Å². The van der Waals surface area contributed by atoms with E-state index in [-0.39, 0.29) is 0 Å². The van der Waals surface area contributed by atoms with Crippen LogP contribution in [0.25, 0.3) is 5.82 Å². The molecule has 4 nitrogen and oxygen atoms in total. The highest BCUT2D eigenvalue weighted by molar-refractivity contribution is 6.32. The first-order valence-corrected chi connectivity index (χ1v) is 7.92. The lowest BCUT2D eigenvalue weighted by molar-refractivity contribution is 0.552. The Morgan fingerprint density at radius 2 is 2.24 bits per heavy atom. The molecule has 0 saturated heterocycles. The second-order valence-electron chi connectivity index (χ2n) is 6.13. The maximum atomic E-state index is 6.36. The zero-order chi connectivity index (χ0) is 14.8. The van der Waals surface area contributed by atoms with Crippen molar-refractivity contribution < 1.29 is 0 Å². The third-order valence-corrected chi connectivity index (χ3v) is 3.86. The number of nitrogens with one attached hydrogen (secondary N) is 1. The lowest BCUT2D eigenvalue weighted by Crippen LogP contribution is -2.19. The van der Waals surface area contributed by atoms with Gasteiger partial charge in [-0.25, -0.2) is 9.67 Å². The van der Waals surface area contributed by atoms with Crippen molar-refractivity contribution in [1.29, 1.82) is 0 Å². The van der Waals surface area contributed by atoms with Crippen LogP contribution < -0.4 is 5.32 Å². The number of rotatable bonds is 6. The van der Waals surface area contributed by atoms with Gasteiger partial charge in [0.05, 0.1) is 10.7 Å². The van der Waals surface area contributed by atoms with Gasteiger partial charge in [-0.15, -0.1) is 0 Å². The van der Waals surface area contributed by atoms with E-state index >= 15 is 0 Å². The molecule has 0 unspecified atom stereocenters. The molecule has 5 heteroatoms. The Morgan fingerprint density at radius 1 is 1.43 bits per heavy atom. The Kier molecular flexibility index (Phi) is 4.27. The third kappa shape index (κ3) is 3.63. The first-order chi connectivity index (χ1) is 10.1. The predicted molar refractivity (Wildman–Crippen MR) is 84.9 cm³/mol. The quantitative estimate of drug-likeness (QED) is 0.887. The largest absolute Gasteiger partial charge is 0.312 e. The molecule has 1 saturated carbocycles. The van der Waals surface area contributed by atoms with Gasteiger partial charge in [0.2, 0.25) is 0 Å². The normalized spacial score (nSPS) is 14.9. The Balaban J connectivity index is 1.70. The zero-order valence-electron chi connectivity index (χ0n) is 12.5. The lowest BCUT2D eigenvalue weighted by atomic mass is 10.2. The standard InChI is InChI=1S/C16H21ClN4/c1-11(2)8-18-9-12-7-14(17)16(19-10-12)21-6-5-15(20-21)13-3-4-13/h5-7,10-11,13,18H,3-4,8-9H2,1-2H3. The fourth-order valence-electron chi connectivity index (χ4n) is 2.29. The first kappa shape index (κ1) is 14.5. The van der Waals surface area contributed by atoms with E-state index in [1.54, 1.807) is 4.68 Å². The van der Waals surface area contributed by atoms with E-state index < -0.39 is 0 Å². The van der Waals surface area contributed by atoms with Crippen LogP contribution in [0.2, 0.25) is 5.02 Å². The molecule has 0 amide bonds. The molecule has 2 aromatic rings. The zero-order valence-corrected chi connectivity index (χ0v) is 13.3. The van der Waals surface area contributed by atoms with Crippen LogP contribution in [0.3, 0.4) is 0 Å². The molecule has 1 N–H and O–H groups in total. The molecule has 0 atom stereocenters. The van der Waals surface area contributed by atoms with Crippen molar-refractivity contribution in [3.63, 3.8) is 0 Å². The first-order valence-electron chi connectivity index (χ1n) is 7.54. The van der Waals surface area contributed by atoms with Crippen LogP contribution in [-0.4, -0.2) is 21.3 Å². The molecule has 1 aliphatic carbocycles. The van der Waals surface area contributed by atoms with E-state index in [1.807, 2.05) is 18.5 Å². The highest BCUT2D eigenvalue weighted by Crippen LogP contribution is 2.39. The van der Waals surface area contributed by atoms with Gasteiger partial charge >= 0.3 is 0 Å². The van der Waals surface area contributed by atoms with E-state index in [4.69, 9.17) is 11.6 Å². The van der Waals surface area contributed by atoms with Gasteiger partial charge in [0, 0.05) is 24.9 Å². The highest BCUT2D eigenvalue weighted by Gasteiger charge is 2.26. The minimum Gasteiger partial charge on any atom is -0.312 e. The summed E-state index contributed by atoms with van der Waals surface area (Å²) in [5, 5.41) is 8.61. The fourth-order valence-corrected chi connectivity index (χ4v) is 2.57. The number of aromatic nitrogens is 3. The molecule has 1 aliphatic rings. The molecule has 2 heterocycles. The Bertz CT molecular complexity index is 616. The van der Waals surface area contributed by atoms with Gasteiger partial charge in [-0.2, -0.15) is 5.10 Å². The summed E-state index contributed by atoms with van der Waals surface area (Å²) in [5.74, 6) is 1.98. The van der Waals surface area contributed by atoms with Crippen LogP contribution in [0.15, 0.2) is 24.5 Å². The number of hydrogen-bond acceptors (Lipinski definition) is 3. The summed E-state index contributed by atoms with van der Waals surface area (Å²) >= 11 is 6.36. The predicted octanol–water partition coefficient (Wildman–Crippen LogP) is 3.54. The summed E-state index contributed by atoms with van der Waals surface area (Å²) in [5.41, 5.74) is 2.24. The smallest absolute Gasteiger partial charge is 0.172 e. The summed E-state index contributed by atoms with van der Waals surface area (Å²) < 4.78 is 1.78. The van der Waals surface area contributed by atoms with Crippen molar-refractivity contribution >= 4 is 11.6 Å². The minimum atomic E-state index is 0.637. The minimum absolute atomic E-state index is 0.637. The SMILES string of the molecule is CC(C)CNCc1cnc(-n2ccc(C3CC3)n2)c(Cl)c1. The van der Waals surface area contributed by atoms with Crippen molar-refractivity contribution in [1.82, 2.24) is 20.1 Å². The number of halogens is 1. The average Bonchev–Trinajstić information content (AvgIpc) is 3.17. The monoisotopic (exact) mass is 304 g/mol. The molecule has 0 radical (unpaired) electrons. The number of pyridine rings is 1. The molecule has 2 aromatic heterocycles. The number of nitrogens with zero attached hydrogens (tertiary/aromatic N) is 3. The summed E-state index contributed by atoms with van der Waals surface area (Å²) in [7, 11) is 0. The fraction of sp³-hybridized carbons (Fsp3) is 0.500. The Labute approximate surface area is 130 Å². The average molecular weight is 305 g/mol. The molecular formula is C16H21ClN4.